The molecule has 106 valence electrons. The number of methoxy groups -OCH3 is 1. The summed E-state index contributed by atoms with van der Waals surface area (Å²) in [5, 5.41) is 3.07. The fraction of sp³-hybridized carbons (Fsp3) is 0.462. The average molecular weight is 266 g/mol. The first-order valence-corrected chi connectivity index (χ1v) is 6.30. The summed E-state index contributed by atoms with van der Waals surface area (Å²) in [4.78, 5) is 4.21. The summed E-state index contributed by atoms with van der Waals surface area (Å²) in [6.45, 7) is 3.89. The van der Waals surface area contributed by atoms with Gasteiger partial charge in [-0.15, -0.1) is 0 Å². The monoisotopic (exact) mass is 266 g/mol. The van der Waals surface area contributed by atoms with Gasteiger partial charge in [0.15, 0.2) is 0 Å². The molecular weight excluding hydrogens is 244 g/mol. The van der Waals surface area contributed by atoms with Crippen molar-refractivity contribution in [1.29, 1.82) is 0 Å². The Morgan fingerprint density at radius 3 is 2.58 bits per heavy atom. The molecule has 1 rings (SSSR count). The van der Waals surface area contributed by atoms with Crippen LogP contribution in [0.4, 0.5) is 5.69 Å². The number of nitrogens with zero attached hydrogens (tertiary/aromatic N) is 1. The Hall–Kier alpha value is -1.79. The standard InChI is InChI=1S/C13H22N4O2/c1-3-9-19-12-6-4-11(5-7-12)16-13(17-14)15-8-10-18-2/h4-7H,3,8-10,14H2,1-2H3,(H2,15,16,17). The first-order valence-electron chi connectivity index (χ1n) is 6.30. The van der Waals surface area contributed by atoms with Gasteiger partial charge in [-0.2, -0.15) is 0 Å². The third-order valence-electron chi connectivity index (χ3n) is 2.29. The van der Waals surface area contributed by atoms with Gasteiger partial charge in [0.2, 0.25) is 5.96 Å². The number of nitrogens with one attached hydrogen (secondary N) is 2. The van der Waals surface area contributed by atoms with E-state index in [1.165, 1.54) is 0 Å². The summed E-state index contributed by atoms with van der Waals surface area (Å²) in [5.41, 5.74) is 3.40. The normalized spacial score (nSPS) is 11.2. The molecule has 6 heteroatoms. The number of benzene rings is 1. The van der Waals surface area contributed by atoms with Crippen LogP contribution in [-0.4, -0.2) is 32.8 Å². The Morgan fingerprint density at radius 2 is 2.00 bits per heavy atom. The van der Waals surface area contributed by atoms with Crippen LogP contribution in [-0.2, 0) is 4.74 Å². The van der Waals surface area contributed by atoms with Crippen molar-refractivity contribution in [3.8, 4) is 5.75 Å². The number of hydrazine groups is 1. The fourth-order valence-electron chi connectivity index (χ4n) is 1.36. The van der Waals surface area contributed by atoms with Crippen LogP contribution in [0.1, 0.15) is 13.3 Å². The van der Waals surface area contributed by atoms with Gasteiger partial charge in [-0.3, -0.25) is 5.43 Å². The Labute approximate surface area is 114 Å². The smallest absolute Gasteiger partial charge is 0.210 e. The summed E-state index contributed by atoms with van der Waals surface area (Å²) in [6.07, 6.45) is 0.993. The largest absolute Gasteiger partial charge is 0.494 e. The van der Waals surface area contributed by atoms with Crippen molar-refractivity contribution in [2.45, 2.75) is 13.3 Å². The van der Waals surface area contributed by atoms with Crippen LogP contribution in [0, 0.1) is 0 Å². The van der Waals surface area contributed by atoms with E-state index < -0.39 is 0 Å². The zero-order chi connectivity index (χ0) is 13.9. The van der Waals surface area contributed by atoms with Gasteiger partial charge in [-0.05, 0) is 30.7 Å². The van der Waals surface area contributed by atoms with E-state index in [2.05, 4.69) is 22.7 Å². The summed E-state index contributed by atoms with van der Waals surface area (Å²) < 4.78 is 10.4. The van der Waals surface area contributed by atoms with Gasteiger partial charge in [-0.1, -0.05) is 6.92 Å². The fourth-order valence-corrected chi connectivity index (χ4v) is 1.36. The molecular formula is C13H22N4O2. The van der Waals surface area contributed by atoms with Crippen LogP contribution in [0.2, 0.25) is 0 Å². The maximum absolute atomic E-state index is 5.51. The van der Waals surface area contributed by atoms with Gasteiger partial charge in [0.25, 0.3) is 0 Å². The lowest BCUT2D eigenvalue weighted by atomic mass is 10.3. The minimum absolute atomic E-state index is 0.499. The van der Waals surface area contributed by atoms with Gasteiger partial charge >= 0.3 is 0 Å². The van der Waals surface area contributed by atoms with Crippen molar-refractivity contribution in [3.63, 3.8) is 0 Å². The van der Waals surface area contributed by atoms with E-state index in [0.29, 0.717) is 19.1 Å². The Kier molecular flexibility index (Phi) is 7.38. The molecule has 0 bridgehead atoms. The third kappa shape index (κ3) is 6.08. The molecule has 0 aliphatic rings. The molecule has 0 heterocycles. The van der Waals surface area contributed by atoms with E-state index in [9.17, 15) is 0 Å². The minimum Gasteiger partial charge on any atom is -0.494 e. The van der Waals surface area contributed by atoms with Crippen molar-refractivity contribution in [2.24, 2.45) is 10.8 Å². The molecule has 4 N–H and O–H groups in total. The topological polar surface area (TPSA) is 80.9 Å². The quantitative estimate of drug-likeness (QED) is 0.228. The number of aliphatic imine (C=N–C) groups is 1. The molecule has 0 spiro atoms. The molecule has 0 saturated heterocycles. The molecule has 0 amide bonds. The van der Waals surface area contributed by atoms with E-state index >= 15 is 0 Å². The summed E-state index contributed by atoms with van der Waals surface area (Å²) in [5.74, 6) is 6.74. The minimum atomic E-state index is 0.499. The number of guanidine groups is 1. The van der Waals surface area contributed by atoms with Gasteiger partial charge < -0.3 is 14.8 Å². The first-order chi connectivity index (χ1) is 9.30. The van der Waals surface area contributed by atoms with Crippen LogP contribution in [0.5, 0.6) is 5.75 Å². The highest BCUT2D eigenvalue weighted by molar-refractivity contribution is 5.93. The SMILES string of the molecule is CCCOc1ccc(NC(=NCCOC)NN)cc1. The zero-order valence-electron chi connectivity index (χ0n) is 11.5. The van der Waals surface area contributed by atoms with Crippen molar-refractivity contribution in [3.05, 3.63) is 24.3 Å². The van der Waals surface area contributed by atoms with E-state index in [4.69, 9.17) is 15.3 Å². The number of nitrogens with two attached hydrogens (primary N) is 1. The molecule has 6 nitrogen and oxygen atoms in total. The molecule has 0 aromatic heterocycles. The van der Waals surface area contributed by atoms with Gasteiger partial charge in [0, 0.05) is 12.8 Å². The zero-order valence-corrected chi connectivity index (χ0v) is 11.5. The number of hydrogen-bond acceptors (Lipinski definition) is 4. The molecule has 0 aliphatic heterocycles. The van der Waals surface area contributed by atoms with Crippen LogP contribution in [0.25, 0.3) is 0 Å². The molecule has 1 aromatic rings. The summed E-state index contributed by atoms with van der Waals surface area (Å²) in [6, 6.07) is 7.63. The van der Waals surface area contributed by atoms with Crippen LogP contribution in [0.15, 0.2) is 29.3 Å². The van der Waals surface area contributed by atoms with E-state index in [1.54, 1.807) is 7.11 Å². The predicted molar refractivity (Wildman–Crippen MR) is 77.4 cm³/mol. The molecule has 0 radical (unpaired) electrons. The van der Waals surface area contributed by atoms with E-state index in [1.807, 2.05) is 24.3 Å². The lowest BCUT2D eigenvalue weighted by Crippen LogP contribution is -2.36. The second-order valence-electron chi connectivity index (χ2n) is 3.87. The maximum atomic E-state index is 5.51. The van der Waals surface area contributed by atoms with Crippen LogP contribution < -0.4 is 21.3 Å². The third-order valence-corrected chi connectivity index (χ3v) is 2.29. The number of hydrogen-bond donors (Lipinski definition) is 3. The van der Waals surface area contributed by atoms with E-state index in [-0.39, 0.29) is 0 Å². The maximum Gasteiger partial charge on any atom is 0.210 e. The number of anilines is 1. The van der Waals surface area contributed by atoms with Gasteiger partial charge in [-0.25, -0.2) is 10.8 Å². The van der Waals surface area contributed by atoms with Crippen molar-refractivity contribution in [1.82, 2.24) is 5.43 Å². The molecule has 1 aromatic carbocycles. The van der Waals surface area contributed by atoms with Crippen molar-refractivity contribution in [2.75, 3.05) is 32.2 Å². The van der Waals surface area contributed by atoms with Crippen molar-refractivity contribution < 1.29 is 9.47 Å². The molecule has 0 saturated carbocycles. The highest BCUT2D eigenvalue weighted by atomic mass is 16.5. The number of rotatable bonds is 7. The van der Waals surface area contributed by atoms with Gasteiger partial charge in [0.1, 0.15) is 5.75 Å². The molecule has 0 fully saturated rings. The Balaban J connectivity index is 2.52. The lowest BCUT2D eigenvalue weighted by Gasteiger charge is -2.10. The van der Waals surface area contributed by atoms with E-state index in [0.717, 1.165) is 24.5 Å². The second-order valence-corrected chi connectivity index (χ2v) is 3.87. The molecule has 0 atom stereocenters. The number of ether oxygens (including phenoxy) is 2. The molecule has 0 aliphatic carbocycles. The summed E-state index contributed by atoms with van der Waals surface area (Å²) in [7, 11) is 1.63. The van der Waals surface area contributed by atoms with Crippen LogP contribution >= 0.6 is 0 Å². The first kappa shape index (κ1) is 15.3. The van der Waals surface area contributed by atoms with Gasteiger partial charge in [0.05, 0.1) is 19.8 Å². The summed E-state index contributed by atoms with van der Waals surface area (Å²) >= 11 is 0. The molecule has 19 heavy (non-hydrogen) atoms. The van der Waals surface area contributed by atoms with Crippen molar-refractivity contribution >= 4 is 11.6 Å². The lowest BCUT2D eigenvalue weighted by molar-refractivity contribution is 0.208. The Morgan fingerprint density at radius 1 is 1.26 bits per heavy atom. The average Bonchev–Trinajstić information content (AvgIpc) is 2.45. The molecule has 0 unspecified atom stereocenters. The highest BCUT2D eigenvalue weighted by Crippen LogP contribution is 2.15. The highest BCUT2D eigenvalue weighted by Gasteiger charge is 1.98. The predicted octanol–water partition coefficient (Wildman–Crippen LogP) is 1.35. The van der Waals surface area contributed by atoms with Crippen LogP contribution in [0.3, 0.4) is 0 Å². The Bertz CT molecular complexity index is 379. The second kappa shape index (κ2) is 9.18.